The van der Waals surface area contributed by atoms with Crippen LogP contribution in [0, 0.1) is 0 Å². The minimum Gasteiger partial charge on any atom is -0.495 e. The number of fused-ring (bicyclic) bond motifs is 8. The average molecular weight is 719 g/mol. The fourth-order valence-corrected chi connectivity index (χ4v) is 8.79. The minimum atomic E-state index is -4.46. The number of anilines is 2. The van der Waals surface area contributed by atoms with Crippen LogP contribution in [0.1, 0.15) is 47.2 Å². The van der Waals surface area contributed by atoms with Crippen molar-refractivity contribution in [1.82, 2.24) is 0 Å². The van der Waals surface area contributed by atoms with Crippen LogP contribution in [0.2, 0.25) is 0 Å². The van der Waals surface area contributed by atoms with E-state index in [1.165, 1.54) is 12.1 Å². The van der Waals surface area contributed by atoms with Crippen molar-refractivity contribution in [3.05, 3.63) is 124 Å². The summed E-state index contributed by atoms with van der Waals surface area (Å²) in [5.41, 5.74) is 5.76. The molecule has 6 nitrogen and oxygen atoms in total. The Morgan fingerprint density at radius 2 is 1.40 bits per heavy atom. The molecule has 9 rings (SSSR count). The summed E-state index contributed by atoms with van der Waals surface area (Å²) in [6, 6.07) is 27.1. The van der Waals surface area contributed by atoms with Gasteiger partial charge in [0.15, 0.2) is 5.60 Å². The lowest BCUT2D eigenvalue weighted by molar-refractivity contribution is -0.137. The summed E-state index contributed by atoms with van der Waals surface area (Å²) in [6.45, 7) is 9.69. The van der Waals surface area contributed by atoms with Crippen LogP contribution in [0.15, 0.2) is 91.0 Å². The van der Waals surface area contributed by atoms with Crippen LogP contribution in [0.5, 0.6) is 11.5 Å². The molecular formula is C44H41F3N2O4. The van der Waals surface area contributed by atoms with Gasteiger partial charge in [-0.25, -0.2) is 0 Å². The Bertz CT molecular complexity index is 2240. The van der Waals surface area contributed by atoms with E-state index < -0.39 is 22.8 Å². The number of benzene rings is 5. The summed E-state index contributed by atoms with van der Waals surface area (Å²) in [5, 5.41) is 1.75. The Hall–Kier alpha value is -4.99. The summed E-state index contributed by atoms with van der Waals surface area (Å²) >= 11 is 0. The second kappa shape index (κ2) is 12.6. The molecule has 0 bridgehead atoms. The topological polar surface area (TPSA) is 43.4 Å². The fourth-order valence-electron chi connectivity index (χ4n) is 8.79. The molecule has 3 aliphatic heterocycles. The first-order chi connectivity index (χ1) is 25.6. The molecule has 1 aliphatic carbocycles. The first kappa shape index (κ1) is 33.8. The quantitative estimate of drug-likeness (QED) is 0.181. The lowest BCUT2D eigenvalue weighted by Crippen LogP contribution is -2.37. The zero-order valence-electron chi connectivity index (χ0n) is 30.1. The zero-order valence-corrected chi connectivity index (χ0v) is 30.1. The minimum absolute atomic E-state index is 0.595. The number of nitrogens with zero attached hydrogens (tertiary/aromatic N) is 2. The normalized spacial score (nSPS) is 20.5. The third kappa shape index (κ3) is 5.38. The fraction of sp³-hybridized carbons (Fsp3) is 0.318. The maximum absolute atomic E-state index is 14.2. The number of ether oxygens (including phenoxy) is 4. The Kier molecular flexibility index (Phi) is 8.02. The molecule has 9 heteroatoms. The van der Waals surface area contributed by atoms with Gasteiger partial charge in [-0.3, -0.25) is 0 Å². The van der Waals surface area contributed by atoms with Gasteiger partial charge in [-0.05, 0) is 70.1 Å². The number of morpholine rings is 2. The molecule has 53 heavy (non-hydrogen) atoms. The van der Waals surface area contributed by atoms with Gasteiger partial charge in [-0.2, -0.15) is 13.2 Å². The molecule has 0 radical (unpaired) electrons. The van der Waals surface area contributed by atoms with E-state index in [0.29, 0.717) is 56.6 Å². The second-order valence-corrected chi connectivity index (χ2v) is 14.7. The SMILES string of the molecule is COc1cc2c3c(c4c(c2cc1N1CCOCC1)-c1ccc(C(F)(F)F)cc1C4(C)C)C=CC(c1ccccc1)(c1ccc(N2CCOCC2)cc1)O3. The Balaban J connectivity index is 1.30. The first-order valence-corrected chi connectivity index (χ1v) is 18.2. The highest BCUT2D eigenvalue weighted by Gasteiger charge is 2.46. The van der Waals surface area contributed by atoms with Crippen LogP contribution >= 0.6 is 0 Å². The van der Waals surface area contributed by atoms with Crippen LogP contribution in [0.3, 0.4) is 0 Å². The smallest absolute Gasteiger partial charge is 0.416 e. The monoisotopic (exact) mass is 718 g/mol. The van der Waals surface area contributed by atoms with Gasteiger partial charge in [0.2, 0.25) is 0 Å². The molecule has 1 unspecified atom stereocenters. The van der Waals surface area contributed by atoms with Gasteiger partial charge >= 0.3 is 6.18 Å². The van der Waals surface area contributed by atoms with Crippen molar-refractivity contribution in [2.75, 3.05) is 69.5 Å². The number of hydrogen-bond donors (Lipinski definition) is 0. The number of halogens is 3. The predicted molar refractivity (Wildman–Crippen MR) is 202 cm³/mol. The molecule has 0 saturated carbocycles. The van der Waals surface area contributed by atoms with Crippen LogP contribution < -0.4 is 19.3 Å². The number of alkyl halides is 3. The summed E-state index contributed by atoms with van der Waals surface area (Å²) in [5.74, 6) is 1.37. The van der Waals surface area contributed by atoms with E-state index in [4.69, 9.17) is 18.9 Å². The third-order valence-corrected chi connectivity index (χ3v) is 11.5. The van der Waals surface area contributed by atoms with Crippen molar-refractivity contribution in [2.45, 2.75) is 31.0 Å². The molecule has 5 aromatic rings. The van der Waals surface area contributed by atoms with E-state index in [1.54, 1.807) is 13.2 Å². The van der Waals surface area contributed by atoms with Gasteiger partial charge < -0.3 is 28.7 Å². The summed E-state index contributed by atoms with van der Waals surface area (Å²) in [4.78, 5) is 4.58. The maximum Gasteiger partial charge on any atom is 0.416 e. The Morgan fingerprint density at radius 1 is 0.736 bits per heavy atom. The maximum atomic E-state index is 14.2. The lowest BCUT2D eigenvalue weighted by Gasteiger charge is -2.39. The Labute approximate surface area is 307 Å². The lowest BCUT2D eigenvalue weighted by atomic mass is 9.76. The van der Waals surface area contributed by atoms with Crippen LogP contribution in [0.25, 0.3) is 28.0 Å². The standard InChI is InChI=1S/C44H41F3N2O4/c1-42(2)36-25-30(44(45,46)47)11-14-32(36)39-34-26-37(49-19-23-52-24-20-49)38(50-3)27-35(34)41-33(40(39)42)15-16-43(53-41,28-7-5-4-6-8-28)29-9-12-31(13-10-29)48-17-21-51-22-18-48/h4-16,25-27H,17-24H2,1-3H3. The van der Waals surface area contributed by atoms with Crippen molar-refractivity contribution in [3.8, 4) is 22.6 Å². The summed E-state index contributed by atoms with van der Waals surface area (Å²) in [6.07, 6.45) is -0.228. The van der Waals surface area contributed by atoms with E-state index >= 15 is 0 Å². The zero-order chi connectivity index (χ0) is 36.5. The molecule has 272 valence electrons. The molecular weight excluding hydrogens is 677 g/mol. The van der Waals surface area contributed by atoms with Crippen LogP contribution in [0.4, 0.5) is 24.5 Å². The van der Waals surface area contributed by atoms with E-state index in [0.717, 1.165) is 68.6 Å². The van der Waals surface area contributed by atoms with Crippen LogP contribution in [-0.4, -0.2) is 59.7 Å². The highest BCUT2D eigenvalue weighted by molar-refractivity contribution is 6.10. The van der Waals surface area contributed by atoms with E-state index in [1.807, 2.05) is 38.1 Å². The molecule has 0 spiro atoms. The van der Waals surface area contributed by atoms with Gasteiger partial charge in [0, 0.05) is 59.4 Å². The van der Waals surface area contributed by atoms with Crippen molar-refractivity contribution in [1.29, 1.82) is 0 Å². The molecule has 0 N–H and O–H groups in total. The summed E-state index contributed by atoms with van der Waals surface area (Å²) in [7, 11) is 1.67. The molecule has 2 saturated heterocycles. The van der Waals surface area contributed by atoms with Gasteiger partial charge in [0.25, 0.3) is 0 Å². The van der Waals surface area contributed by atoms with E-state index in [2.05, 4.69) is 64.4 Å². The molecule has 1 atom stereocenters. The van der Waals surface area contributed by atoms with E-state index in [-0.39, 0.29) is 0 Å². The third-order valence-electron chi connectivity index (χ3n) is 11.5. The van der Waals surface area contributed by atoms with E-state index in [9.17, 15) is 13.2 Å². The Morgan fingerprint density at radius 3 is 2.06 bits per heavy atom. The van der Waals surface area contributed by atoms with Crippen LogP contribution in [-0.2, 0) is 26.7 Å². The highest BCUT2D eigenvalue weighted by Crippen LogP contribution is 2.59. The highest BCUT2D eigenvalue weighted by atomic mass is 19.4. The van der Waals surface area contributed by atoms with Crippen molar-refractivity contribution < 1.29 is 32.1 Å². The molecule has 5 aromatic carbocycles. The van der Waals surface area contributed by atoms with Crippen molar-refractivity contribution in [3.63, 3.8) is 0 Å². The van der Waals surface area contributed by atoms with Gasteiger partial charge in [0.1, 0.15) is 11.5 Å². The van der Waals surface area contributed by atoms with Crippen molar-refractivity contribution in [2.24, 2.45) is 0 Å². The van der Waals surface area contributed by atoms with Gasteiger partial charge in [-0.1, -0.05) is 68.5 Å². The number of methoxy groups -OCH3 is 1. The van der Waals surface area contributed by atoms with Gasteiger partial charge in [-0.15, -0.1) is 0 Å². The largest absolute Gasteiger partial charge is 0.495 e. The molecule has 2 fully saturated rings. The number of hydrogen-bond acceptors (Lipinski definition) is 6. The summed E-state index contributed by atoms with van der Waals surface area (Å²) < 4.78 is 67.4. The molecule has 4 aliphatic rings. The van der Waals surface area contributed by atoms with Gasteiger partial charge in [0.05, 0.1) is 44.8 Å². The molecule has 0 amide bonds. The van der Waals surface area contributed by atoms with Crippen molar-refractivity contribution >= 4 is 28.2 Å². The molecule has 3 heterocycles. The second-order valence-electron chi connectivity index (χ2n) is 14.7. The molecule has 0 aromatic heterocycles. The predicted octanol–water partition coefficient (Wildman–Crippen LogP) is 9.20. The first-order valence-electron chi connectivity index (χ1n) is 18.2. The average Bonchev–Trinajstić information content (AvgIpc) is 3.44. The number of rotatable bonds is 5.